The molecule has 2 N–H and O–H groups in total. The first-order chi connectivity index (χ1) is 18.9. The van der Waals surface area contributed by atoms with Gasteiger partial charge in [0.2, 0.25) is 0 Å². The quantitative estimate of drug-likeness (QED) is 0.116. The third-order valence-electron chi connectivity index (χ3n) is 6.50. The van der Waals surface area contributed by atoms with Gasteiger partial charge in [0.25, 0.3) is 5.56 Å². The highest BCUT2D eigenvalue weighted by Crippen LogP contribution is 2.25. The van der Waals surface area contributed by atoms with Gasteiger partial charge in [0.1, 0.15) is 11.6 Å². The van der Waals surface area contributed by atoms with Gasteiger partial charge in [-0.05, 0) is 74.6 Å². The van der Waals surface area contributed by atoms with E-state index in [1.54, 1.807) is 35.9 Å². The Bertz CT molecular complexity index is 1430. The van der Waals surface area contributed by atoms with Gasteiger partial charge in [-0.2, -0.15) is 0 Å². The molecule has 8 heteroatoms. The van der Waals surface area contributed by atoms with Crippen molar-refractivity contribution >= 4 is 17.9 Å². The number of aliphatic imine (C=N–C) groups is 1. The first kappa shape index (κ1) is 29.1. The predicted molar refractivity (Wildman–Crippen MR) is 155 cm³/mol. The first-order valence-electron chi connectivity index (χ1n) is 13.0. The average molecular weight is 529 g/mol. The fourth-order valence-electron chi connectivity index (χ4n) is 4.56. The molecule has 0 fully saturated rings. The van der Waals surface area contributed by atoms with Gasteiger partial charge in [-0.1, -0.05) is 49.8 Å². The molecule has 3 rings (SSSR count). The molecule has 39 heavy (non-hydrogen) atoms. The Labute approximate surface area is 229 Å². The number of carbonyl (C=O) groups is 1. The molecule has 0 aliphatic rings. The molecule has 0 unspecified atom stereocenters. The fourth-order valence-corrected chi connectivity index (χ4v) is 4.56. The van der Waals surface area contributed by atoms with E-state index in [0.717, 1.165) is 47.2 Å². The number of hydroxylamine groups is 1. The number of rotatable bonds is 11. The topological polar surface area (TPSA) is 106 Å². The molecule has 8 nitrogen and oxygen atoms in total. The molecule has 1 heterocycles. The number of aromatic hydroxyl groups is 1. The van der Waals surface area contributed by atoms with Crippen molar-refractivity contribution < 1.29 is 14.7 Å². The molecular weight excluding hydrogens is 492 g/mol. The molecule has 204 valence electrons. The standard InChI is InChI=1S/C31H36N4O4/c1-6-9-10-29-28(31(38)35(21(4)33-29)24-15-17-25(37)18-16-24)19-22-11-13-23(14-12-22)26(7-2)27(8-3)30(32-5)34-39-20-36/h7-8,11-18,20,37H,6,9-10,19H2,1-5H3,(H,32,34)/b26-7-,27-8+. The van der Waals surface area contributed by atoms with Crippen LogP contribution >= 0.6 is 0 Å². The molecular formula is C31H36N4O4. The SMILES string of the molecule is C/C=C(\C(=C/C)C(=NC)NOC=O)c1ccc(Cc2c(CCCC)nc(C)n(-c3ccc(O)cc3)c2=O)cc1. The Morgan fingerprint density at radius 3 is 2.36 bits per heavy atom. The van der Waals surface area contributed by atoms with Gasteiger partial charge < -0.3 is 9.94 Å². The van der Waals surface area contributed by atoms with E-state index in [4.69, 9.17) is 9.82 Å². The van der Waals surface area contributed by atoms with E-state index >= 15 is 0 Å². The smallest absolute Gasteiger partial charge is 0.320 e. The Morgan fingerprint density at radius 1 is 1.10 bits per heavy atom. The molecule has 0 bridgehead atoms. The Kier molecular flexibility index (Phi) is 10.4. The van der Waals surface area contributed by atoms with Crippen LogP contribution < -0.4 is 11.0 Å². The Hall–Kier alpha value is -4.46. The fraction of sp³-hybridized carbons (Fsp3) is 0.290. The van der Waals surface area contributed by atoms with Crippen LogP contribution in [0.2, 0.25) is 0 Å². The summed E-state index contributed by atoms with van der Waals surface area (Å²) in [5.74, 6) is 1.19. The molecule has 3 aromatic rings. The van der Waals surface area contributed by atoms with Crippen LogP contribution in [0.4, 0.5) is 0 Å². The van der Waals surface area contributed by atoms with E-state index in [1.807, 2.05) is 57.2 Å². The van der Waals surface area contributed by atoms with Gasteiger partial charge in [-0.25, -0.2) is 10.5 Å². The highest BCUT2D eigenvalue weighted by molar-refractivity contribution is 6.11. The molecule has 0 spiro atoms. The maximum Gasteiger partial charge on any atom is 0.320 e. The van der Waals surface area contributed by atoms with Crippen molar-refractivity contribution in [2.45, 2.75) is 53.4 Å². The van der Waals surface area contributed by atoms with E-state index in [9.17, 15) is 14.7 Å². The van der Waals surface area contributed by atoms with Crippen molar-refractivity contribution in [3.8, 4) is 11.4 Å². The third-order valence-corrected chi connectivity index (χ3v) is 6.50. The summed E-state index contributed by atoms with van der Waals surface area (Å²) in [7, 11) is 1.62. The molecule has 0 atom stereocenters. The van der Waals surface area contributed by atoms with Gasteiger partial charge in [0.15, 0.2) is 5.84 Å². The molecule has 0 aliphatic carbocycles. The second kappa shape index (κ2) is 13.9. The number of hydrogen-bond acceptors (Lipinski definition) is 6. The van der Waals surface area contributed by atoms with Gasteiger partial charge >= 0.3 is 6.47 Å². The summed E-state index contributed by atoms with van der Waals surface area (Å²) in [5, 5.41) is 9.70. The summed E-state index contributed by atoms with van der Waals surface area (Å²) < 4.78 is 1.61. The number of carbonyl (C=O) groups excluding carboxylic acids is 1. The van der Waals surface area contributed by atoms with Gasteiger partial charge in [-0.3, -0.25) is 19.1 Å². The van der Waals surface area contributed by atoms with E-state index in [2.05, 4.69) is 17.4 Å². The number of nitrogens with zero attached hydrogens (tertiary/aromatic N) is 3. The van der Waals surface area contributed by atoms with Crippen molar-refractivity contribution in [1.82, 2.24) is 15.0 Å². The zero-order chi connectivity index (χ0) is 28.4. The van der Waals surface area contributed by atoms with Crippen LogP contribution in [0.25, 0.3) is 11.3 Å². The van der Waals surface area contributed by atoms with Crippen LogP contribution in [0, 0.1) is 6.92 Å². The number of unbranched alkanes of at least 4 members (excludes halogenated alkanes) is 1. The lowest BCUT2D eigenvalue weighted by Gasteiger charge is -2.17. The summed E-state index contributed by atoms with van der Waals surface area (Å²) >= 11 is 0. The van der Waals surface area contributed by atoms with Crippen molar-refractivity contribution in [3.05, 3.63) is 105 Å². The van der Waals surface area contributed by atoms with E-state index in [1.165, 1.54) is 0 Å². The highest BCUT2D eigenvalue weighted by atomic mass is 16.7. The van der Waals surface area contributed by atoms with Crippen molar-refractivity contribution in [2.75, 3.05) is 7.05 Å². The zero-order valence-electron chi connectivity index (χ0n) is 23.2. The number of allylic oxidation sites excluding steroid dienone is 2. The largest absolute Gasteiger partial charge is 0.508 e. The maximum absolute atomic E-state index is 13.8. The molecule has 0 saturated heterocycles. The summed E-state index contributed by atoms with van der Waals surface area (Å²) in [5.41, 5.74) is 8.29. The minimum absolute atomic E-state index is 0.0984. The van der Waals surface area contributed by atoms with E-state index in [-0.39, 0.29) is 11.3 Å². The Morgan fingerprint density at radius 2 is 1.79 bits per heavy atom. The van der Waals surface area contributed by atoms with Crippen LogP contribution in [0.3, 0.4) is 0 Å². The van der Waals surface area contributed by atoms with Crippen LogP contribution in [0.5, 0.6) is 5.75 Å². The van der Waals surface area contributed by atoms with Crippen LogP contribution in [0.15, 0.2) is 76.0 Å². The van der Waals surface area contributed by atoms with Crippen LogP contribution in [0.1, 0.15) is 61.8 Å². The summed E-state index contributed by atoms with van der Waals surface area (Å²) in [6, 6.07) is 14.6. The van der Waals surface area contributed by atoms with Gasteiger partial charge in [0, 0.05) is 24.6 Å². The van der Waals surface area contributed by atoms with Gasteiger partial charge in [0.05, 0.1) is 11.4 Å². The third kappa shape index (κ3) is 6.90. The van der Waals surface area contributed by atoms with Crippen molar-refractivity contribution in [2.24, 2.45) is 4.99 Å². The zero-order valence-corrected chi connectivity index (χ0v) is 23.2. The number of aromatic nitrogens is 2. The second-order valence-corrected chi connectivity index (χ2v) is 9.01. The van der Waals surface area contributed by atoms with E-state index < -0.39 is 0 Å². The number of aryl methyl sites for hydroxylation is 2. The monoisotopic (exact) mass is 528 g/mol. The number of nitrogens with one attached hydrogen (secondary N) is 1. The second-order valence-electron chi connectivity index (χ2n) is 9.01. The lowest BCUT2D eigenvalue weighted by Crippen LogP contribution is -2.28. The van der Waals surface area contributed by atoms with Gasteiger partial charge in [-0.15, -0.1) is 0 Å². The normalized spacial score (nSPS) is 12.4. The molecule has 1 aromatic heterocycles. The summed E-state index contributed by atoms with van der Waals surface area (Å²) in [4.78, 5) is 38.2. The predicted octanol–water partition coefficient (Wildman–Crippen LogP) is 5.24. The first-order valence-corrected chi connectivity index (χ1v) is 13.0. The highest BCUT2D eigenvalue weighted by Gasteiger charge is 2.17. The number of benzene rings is 2. The van der Waals surface area contributed by atoms with Crippen LogP contribution in [-0.2, 0) is 22.5 Å². The van der Waals surface area contributed by atoms with E-state index in [0.29, 0.717) is 35.8 Å². The van der Waals surface area contributed by atoms with Crippen LogP contribution in [-0.4, -0.2) is 34.0 Å². The molecule has 2 aromatic carbocycles. The lowest BCUT2D eigenvalue weighted by molar-refractivity contribution is -0.132. The minimum atomic E-state index is -0.0984. The lowest BCUT2D eigenvalue weighted by atomic mass is 9.94. The minimum Gasteiger partial charge on any atom is -0.508 e. The van der Waals surface area contributed by atoms with Crippen molar-refractivity contribution in [1.29, 1.82) is 0 Å². The summed E-state index contributed by atoms with van der Waals surface area (Å²) in [6.07, 6.45) is 7.00. The number of amidine groups is 1. The Balaban J connectivity index is 1.99. The molecule has 0 aliphatic heterocycles. The average Bonchev–Trinajstić information content (AvgIpc) is 2.95. The number of hydrogen-bond donors (Lipinski definition) is 2. The summed E-state index contributed by atoms with van der Waals surface area (Å²) in [6.45, 7) is 8.10. The van der Waals surface area contributed by atoms with Crippen molar-refractivity contribution in [3.63, 3.8) is 0 Å². The maximum atomic E-state index is 13.8. The molecule has 0 radical (unpaired) electrons. The molecule has 0 amide bonds. The molecule has 0 saturated carbocycles. The number of phenolic OH excluding ortho intramolecular Hbond substituents is 1. The number of phenols is 1.